The van der Waals surface area contributed by atoms with Gasteiger partial charge in [-0.2, -0.15) is 0 Å². The summed E-state index contributed by atoms with van der Waals surface area (Å²) in [5.74, 6) is -0.145. The molecule has 31 heavy (non-hydrogen) atoms. The average molecular weight is 460 g/mol. The minimum atomic E-state index is -3.63. The standard InChI is InChI=1S/C20H33N2O8P/c1-27-30-31(26,28-2)29-14-6-4-3-5-13-21-20(25)17-9-7-16(8-10-17)15-22-18(23)11-12-19(22)24/h11-12,16-17H,3-10,13-15H2,1-2H3,(H,21,25). The average Bonchev–Trinajstić information content (AvgIpc) is 3.08. The second-order valence-corrected chi connectivity index (χ2v) is 9.41. The van der Waals surface area contributed by atoms with Gasteiger partial charge in [0.1, 0.15) is 0 Å². The Kier molecular flexibility index (Phi) is 10.8. The summed E-state index contributed by atoms with van der Waals surface area (Å²) in [5.41, 5.74) is 0. The molecule has 176 valence electrons. The molecule has 1 heterocycles. The predicted octanol–water partition coefficient (Wildman–Crippen LogP) is 2.74. The maximum atomic E-state index is 12.4. The molecule has 0 radical (unpaired) electrons. The highest BCUT2D eigenvalue weighted by atomic mass is 31.2. The molecule has 0 saturated heterocycles. The number of nitrogens with zero attached hydrogens (tertiary/aromatic N) is 1. The van der Waals surface area contributed by atoms with E-state index in [0.29, 0.717) is 19.5 Å². The highest BCUT2D eigenvalue weighted by Gasteiger charge is 2.31. The molecular formula is C20H33N2O8P. The molecule has 11 heteroatoms. The van der Waals surface area contributed by atoms with E-state index in [2.05, 4.69) is 19.4 Å². The Bertz CT molecular complexity index is 673. The number of carbonyl (C=O) groups excluding carboxylic acids is 3. The minimum Gasteiger partial charge on any atom is -0.356 e. The van der Waals surface area contributed by atoms with E-state index in [4.69, 9.17) is 4.52 Å². The Hall–Kier alpha value is -1.58. The van der Waals surface area contributed by atoms with Crippen molar-refractivity contribution >= 4 is 25.5 Å². The van der Waals surface area contributed by atoms with Crippen LogP contribution >= 0.6 is 7.82 Å². The van der Waals surface area contributed by atoms with Gasteiger partial charge < -0.3 is 5.32 Å². The molecule has 1 aliphatic heterocycles. The second-order valence-electron chi connectivity index (χ2n) is 7.75. The molecule has 2 rings (SSSR count). The van der Waals surface area contributed by atoms with Crippen molar-refractivity contribution in [3.05, 3.63) is 12.2 Å². The molecule has 2 aliphatic rings. The zero-order valence-corrected chi connectivity index (χ0v) is 19.1. The molecule has 1 unspecified atom stereocenters. The predicted molar refractivity (Wildman–Crippen MR) is 111 cm³/mol. The van der Waals surface area contributed by atoms with Crippen LogP contribution in [0.5, 0.6) is 0 Å². The number of rotatable bonds is 14. The Morgan fingerprint density at radius 1 is 1.06 bits per heavy atom. The van der Waals surface area contributed by atoms with Gasteiger partial charge in [0.25, 0.3) is 11.8 Å². The number of nitrogens with one attached hydrogen (secondary N) is 1. The summed E-state index contributed by atoms with van der Waals surface area (Å²) in [7, 11) is -1.18. The molecule has 1 saturated carbocycles. The molecule has 0 spiro atoms. The Labute approximate surface area is 183 Å². The van der Waals surface area contributed by atoms with Crippen LogP contribution in [0.1, 0.15) is 51.4 Å². The van der Waals surface area contributed by atoms with Crippen LogP contribution < -0.4 is 5.32 Å². The molecule has 1 N–H and O–H groups in total. The summed E-state index contributed by atoms with van der Waals surface area (Å²) in [6, 6.07) is 0. The van der Waals surface area contributed by atoms with E-state index < -0.39 is 7.82 Å². The summed E-state index contributed by atoms with van der Waals surface area (Å²) in [4.78, 5) is 41.3. The van der Waals surface area contributed by atoms with Crippen LogP contribution in [-0.2, 0) is 37.6 Å². The molecule has 10 nitrogen and oxygen atoms in total. The zero-order valence-electron chi connectivity index (χ0n) is 18.2. The van der Waals surface area contributed by atoms with E-state index in [9.17, 15) is 18.9 Å². The molecule has 0 bridgehead atoms. The van der Waals surface area contributed by atoms with Gasteiger partial charge in [0.15, 0.2) is 0 Å². The van der Waals surface area contributed by atoms with Crippen LogP contribution in [0.15, 0.2) is 12.2 Å². The van der Waals surface area contributed by atoms with E-state index >= 15 is 0 Å². The first-order chi connectivity index (χ1) is 14.9. The van der Waals surface area contributed by atoms with Crippen LogP contribution in [0.2, 0.25) is 0 Å². The van der Waals surface area contributed by atoms with Crippen molar-refractivity contribution in [2.24, 2.45) is 11.8 Å². The van der Waals surface area contributed by atoms with Gasteiger partial charge in [0.05, 0.1) is 13.7 Å². The fraction of sp³-hybridized carbons (Fsp3) is 0.750. The lowest BCUT2D eigenvalue weighted by Gasteiger charge is -2.30. The first-order valence-electron chi connectivity index (χ1n) is 10.7. The van der Waals surface area contributed by atoms with Crippen molar-refractivity contribution in [1.29, 1.82) is 0 Å². The maximum Gasteiger partial charge on any atom is 0.501 e. The third-order valence-electron chi connectivity index (χ3n) is 5.57. The molecule has 0 aromatic heterocycles. The summed E-state index contributed by atoms with van der Waals surface area (Å²) in [5, 5.41) is 3.00. The smallest absolute Gasteiger partial charge is 0.356 e. The number of imide groups is 1. The molecule has 0 aromatic rings. The maximum absolute atomic E-state index is 12.4. The van der Waals surface area contributed by atoms with Crippen LogP contribution in [0.3, 0.4) is 0 Å². The number of unbranched alkanes of at least 4 members (excludes halogenated alkanes) is 3. The summed E-state index contributed by atoms with van der Waals surface area (Å²) in [6.45, 7) is 1.29. The van der Waals surface area contributed by atoms with Gasteiger partial charge in [0.2, 0.25) is 5.91 Å². The SMILES string of the molecule is COOP(=O)(OC)OCCCCCCNC(=O)C1CCC(CN2C(=O)C=CC2=O)CC1. The lowest BCUT2D eigenvalue weighted by atomic mass is 9.81. The van der Waals surface area contributed by atoms with Gasteiger partial charge in [0, 0.05) is 38.3 Å². The molecular weight excluding hydrogens is 427 g/mol. The van der Waals surface area contributed by atoms with Gasteiger partial charge in [-0.1, -0.05) is 12.8 Å². The van der Waals surface area contributed by atoms with Gasteiger partial charge in [-0.05, 0) is 44.4 Å². The fourth-order valence-corrected chi connectivity index (χ4v) is 4.53. The monoisotopic (exact) mass is 460 g/mol. The van der Waals surface area contributed by atoms with E-state index in [1.54, 1.807) is 0 Å². The lowest BCUT2D eigenvalue weighted by molar-refractivity contribution is -0.200. The number of phosphoric acid groups is 1. The van der Waals surface area contributed by atoms with Crippen molar-refractivity contribution < 1.29 is 37.6 Å². The van der Waals surface area contributed by atoms with E-state index in [1.165, 1.54) is 31.3 Å². The topological polar surface area (TPSA) is 120 Å². The largest absolute Gasteiger partial charge is 0.501 e. The van der Waals surface area contributed by atoms with Crippen molar-refractivity contribution in [2.75, 3.05) is 33.9 Å². The minimum absolute atomic E-state index is 0.00303. The van der Waals surface area contributed by atoms with E-state index in [-0.39, 0.29) is 36.2 Å². The summed E-state index contributed by atoms with van der Waals surface area (Å²) < 4.78 is 26.0. The number of carbonyl (C=O) groups is 3. The number of amides is 3. The molecule has 1 fully saturated rings. The highest BCUT2D eigenvalue weighted by Crippen LogP contribution is 2.48. The van der Waals surface area contributed by atoms with Gasteiger partial charge in [-0.15, -0.1) is 4.67 Å². The van der Waals surface area contributed by atoms with Gasteiger partial charge >= 0.3 is 7.82 Å². The van der Waals surface area contributed by atoms with Crippen molar-refractivity contribution in [1.82, 2.24) is 10.2 Å². The highest BCUT2D eigenvalue weighted by molar-refractivity contribution is 7.48. The Morgan fingerprint density at radius 2 is 1.71 bits per heavy atom. The lowest BCUT2D eigenvalue weighted by Crippen LogP contribution is -2.38. The summed E-state index contributed by atoms with van der Waals surface area (Å²) in [6.07, 6.45) is 9.16. The number of hydrogen-bond donors (Lipinski definition) is 1. The van der Waals surface area contributed by atoms with Gasteiger partial charge in [-0.3, -0.25) is 28.3 Å². The fourth-order valence-electron chi connectivity index (χ4n) is 3.79. The Morgan fingerprint density at radius 3 is 2.32 bits per heavy atom. The third-order valence-corrected chi connectivity index (χ3v) is 6.85. The van der Waals surface area contributed by atoms with Crippen LogP contribution in [0.4, 0.5) is 0 Å². The second kappa shape index (κ2) is 13.1. The first kappa shape index (κ1) is 25.7. The van der Waals surface area contributed by atoms with Crippen LogP contribution in [0, 0.1) is 11.8 Å². The quantitative estimate of drug-likeness (QED) is 0.138. The first-order valence-corrected chi connectivity index (χ1v) is 12.2. The normalized spacial score (nSPS) is 23.2. The molecule has 0 aromatic carbocycles. The number of hydrogen-bond acceptors (Lipinski definition) is 8. The van der Waals surface area contributed by atoms with E-state index in [0.717, 1.165) is 44.9 Å². The van der Waals surface area contributed by atoms with Crippen molar-refractivity contribution in [3.63, 3.8) is 0 Å². The van der Waals surface area contributed by atoms with Crippen molar-refractivity contribution in [3.8, 4) is 0 Å². The third kappa shape index (κ3) is 8.46. The van der Waals surface area contributed by atoms with E-state index in [1.807, 2.05) is 0 Å². The molecule has 3 amide bonds. The Balaban J connectivity index is 1.50. The zero-order chi connectivity index (χ0) is 22.7. The van der Waals surface area contributed by atoms with Gasteiger partial charge in [-0.25, -0.2) is 9.45 Å². The van der Waals surface area contributed by atoms with Crippen LogP contribution in [-0.4, -0.2) is 56.5 Å². The number of phosphoric ester groups is 1. The molecule has 1 atom stereocenters. The summed E-state index contributed by atoms with van der Waals surface area (Å²) >= 11 is 0. The molecule has 1 aliphatic carbocycles. The van der Waals surface area contributed by atoms with Crippen molar-refractivity contribution in [2.45, 2.75) is 51.4 Å². The van der Waals surface area contributed by atoms with Crippen LogP contribution in [0.25, 0.3) is 0 Å².